The lowest BCUT2D eigenvalue weighted by molar-refractivity contribution is -0.247. The zero-order chi connectivity index (χ0) is 59.7. The highest BCUT2D eigenvalue weighted by molar-refractivity contribution is 6.31. The number of phenols is 2. The number of hydrogen-bond donors (Lipinski definition) is 7. The molecule has 23 heteroatoms. The third-order valence-corrected chi connectivity index (χ3v) is 16.9. The molecule has 11 rings (SSSR count). The van der Waals surface area contributed by atoms with Crippen LogP contribution in [0.5, 0.6) is 17.2 Å². The van der Waals surface area contributed by atoms with Gasteiger partial charge in [-0.2, -0.15) is 0 Å². The second-order valence-corrected chi connectivity index (χ2v) is 21.8. The Balaban J connectivity index is 0.000000167. The standard InChI is InChI=1S/C27H29NO11.C23H24O8.C9H11NO2/c1-10-22(31)13(28)6-17(38-10)39-15-8-27(36,16(30)9-29)7-12-19(15)26(35)21-20(24(12)33)23(32)11-4-3-5-14(37-2)18(11)25(21)34;1-10(24)30-13-7-22(2)12(5-6-14(22)25)16-18(13)23(3)15(9-28-4)31-21(27)11-8-29-20(17(11)23)19(16)26;1-2-12-9(11)7-3-5-8(10)6-4-7/h3-5,10,13,15,17,22,29,31,33,35-36H,6-9,28H2,1-2H3;8,12-13,15H,5-7,9H2,1-4H3;3-6H,2,10H2,1H3/t10-,13-,15-,17-,22-,27-;12?,13-,15-,22+,23+;/m01./s1. The number of anilines is 1. The van der Waals surface area contributed by atoms with Crippen LogP contribution >= 0.6 is 0 Å². The number of nitrogens with two attached hydrogens (primary N) is 2. The van der Waals surface area contributed by atoms with E-state index < -0.39 is 131 Å². The fourth-order valence-corrected chi connectivity index (χ4v) is 12.9. The number of aromatic hydroxyl groups is 2. The molecule has 2 aliphatic heterocycles. The maximum atomic E-state index is 13.7. The molecule has 23 nitrogen and oxygen atoms in total. The molecule has 1 saturated heterocycles. The predicted molar refractivity (Wildman–Crippen MR) is 283 cm³/mol. The summed E-state index contributed by atoms with van der Waals surface area (Å²) < 4.78 is 44.2. The van der Waals surface area contributed by atoms with Gasteiger partial charge in [0.05, 0.1) is 66.3 Å². The third-order valence-electron chi connectivity index (χ3n) is 16.9. The molecule has 0 amide bonds. The first-order valence-corrected chi connectivity index (χ1v) is 26.6. The van der Waals surface area contributed by atoms with Crippen molar-refractivity contribution in [2.45, 2.75) is 127 Å². The number of hydrogen-bond acceptors (Lipinski definition) is 23. The molecule has 11 atom stereocenters. The molecule has 2 fully saturated rings. The number of cyclic esters (lactones) is 1. The lowest BCUT2D eigenvalue weighted by Gasteiger charge is -2.51. The van der Waals surface area contributed by atoms with Crippen molar-refractivity contribution in [3.05, 3.63) is 116 Å². The van der Waals surface area contributed by atoms with E-state index in [1.165, 1.54) is 45.6 Å². The summed E-state index contributed by atoms with van der Waals surface area (Å²) in [6.45, 7) is 7.84. The molecule has 0 bridgehead atoms. The SMILES string of the molecule is CCOC(=O)c1ccc(N)cc1.COC[C@H]1OC(=O)c2coc3c2[C@@]1(C)C1=C(C3=O)C2CCC(=O)[C@@]2(C)C[C@H]1OC(C)=O.COc1cccc2c1C(=O)c1c(O)c3c(c(O)c1C2=O)C[C@@](O)(C(=O)CO)C[C@@H]3O[C@H]1C[C@H](N)[C@@H](O)[C@H](C)O1. The highest BCUT2D eigenvalue weighted by atomic mass is 16.7. The number of esters is 3. The van der Waals surface area contributed by atoms with Gasteiger partial charge in [0.25, 0.3) is 0 Å². The lowest BCUT2D eigenvalue weighted by atomic mass is 9.54. The molecule has 3 heterocycles. The van der Waals surface area contributed by atoms with Crippen LogP contribution in [0.25, 0.3) is 0 Å². The molecular weight excluding hydrogens is 1070 g/mol. The minimum Gasteiger partial charge on any atom is -0.507 e. The molecule has 9 N–H and O–H groups in total. The van der Waals surface area contributed by atoms with Crippen LogP contribution in [0.4, 0.5) is 5.69 Å². The predicted octanol–water partition coefficient (Wildman–Crippen LogP) is 3.98. The number of aliphatic hydroxyl groups is 3. The number of ketones is 5. The van der Waals surface area contributed by atoms with Gasteiger partial charge in [0, 0.05) is 97.0 Å². The van der Waals surface area contributed by atoms with Gasteiger partial charge in [-0.25, -0.2) is 9.59 Å². The maximum absolute atomic E-state index is 13.7. The normalized spacial score (nSPS) is 29.2. The Bertz CT molecular complexity index is 3350. The van der Waals surface area contributed by atoms with Crippen molar-refractivity contribution in [2.75, 3.05) is 39.8 Å². The summed E-state index contributed by atoms with van der Waals surface area (Å²) in [4.78, 5) is 102. The van der Waals surface area contributed by atoms with Crippen LogP contribution in [-0.2, 0) is 54.6 Å². The smallest absolute Gasteiger partial charge is 0.342 e. The van der Waals surface area contributed by atoms with E-state index in [0.717, 1.165) is 0 Å². The second-order valence-electron chi connectivity index (χ2n) is 21.8. The number of Topliss-reactive ketones (excluding diaryl/α,β-unsaturated/α-hetero) is 3. The van der Waals surface area contributed by atoms with Crippen molar-refractivity contribution in [1.29, 1.82) is 0 Å². The first-order chi connectivity index (χ1) is 38.8. The van der Waals surface area contributed by atoms with Crippen LogP contribution < -0.4 is 16.2 Å². The van der Waals surface area contributed by atoms with Crippen molar-refractivity contribution in [1.82, 2.24) is 0 Å². The van der Waals surface area contributed by atoms with E-state index in [0.29, 0.717) is 47.4 Å². The molecule has 7 aliphatic rings. The second kappa shape index (κ2) is 22.3. The molecule has 1 saturated carbocycles. The summed E-state index contributed by atoms with van der Waals surface area (Å²) in [5.41, 5.74) is 8.92. The number of aliphatic hydroxyl groups excluding tert-OH is 2. The van der Waals surface area contributed by atoms with E-state index in [4.69, 9.17) is 49.0 Å². The Kier molecular flexibility index (Phi) is 16.0. The van der Waals surface area contributed by atoms with Gasteiger partial charge in [-0.05, 0) is 63.1 Å². The van der Waals surface area contributed by atoms with Crippen molar-refractivity contribution in [2.24, 2.45) is 17.1 Å². The van der Waals surface area contributed by atoms with E-state index in [2.05, 4.69) is 0 Å². The molecule has 3 aromatic carbocycles. The number of carbonyl (C=O) groups excluding carboxylic acids is 8. The molecule has 4 aromatic rings. The van der Waals surface area contributed by atoms with E-state index in [1.54, 1.807) is 38.1 Å². The molecule has 436 valence electrons. The van der Waals surface area contributed by atoms with Gasteiger partial charge in [0.15, 0.2) is 23.6 Å². The average molecular weight is 1140 g/mol. The molecule has 0 spiro atoms. The zero-order valence-electron chi connectivity index (χ0n) is 46.0. The Morgan fingerprint density at radius 2 is 1.59 bits per heavy atom. The van der Waals surface area contributed by atoms with Gasteiger partial charge in [-0.1, -0.05) is 19.1 Å². The highest BCUT2D eigenvalue weighted by Crippen LogP contribution is 2.61. The summed E-state index contributed by atoms with van der Waals surface area (Å²) in [6.07, 6.45) is -4.22. The average Bonchev–Trinajstić information content (AvgIpc) is 1.36. The van der Waals surface area contributed by atoms with E-state index in [1.807, 2.05) is 13.8 Å². The Labute approximate surface area is 469 Å². The first-order valence-electron chi connectivity index (χ1n) is 26.6. The summed E-state index contributed by atoms with van der Waals surface area (Å²) in [7, 11) is 2.83. The Hall–Kier alpha value is -7.64. The van der Waals surface area contributed by atoms with Gasteiger partial charge >= 0.3 is 17.9 Å². The van der Waals surface area contributed by atoms with Gasteiger partial charge < -0.3 is 74.6 Å². The summed E-state index contributed by atoms with van der Waals surface area (Å²) >= 11 is 0. The van der Waals surface area contributed by atoms with Crippen LogP contribution in [0.3, 0.4) is 0 Å². The summed E-state index contributed by atoms with van der Waals surface area (Å²) in [6, 6.07) is 10.3. The van der Waals surface area contributed by atoms with Gasteiger partial charge in [0.1, 0.15) is 59.3 Å². The van der Waals surface area contributed by atoms with Crippen molar-refractivity contribution >= 4 is 52.5 Å². The first kappa shape index (κ1) is 59.0. The number of benzene rings is 3. The van der Waals surface area contributed by atoms with Gasteiger partial charge in [-0.3, -0.25) is 28.8 Å². The monoisotopic (exact) mass is 1140 g/mol. The Morgan fingerprint density at radius 3 is 2.22 bits per heavy atom. The van der Waals surface area contributed by atoms with E-state index in [-0.39, 0.29) is 82.2 Å². The quantitative estimate of drug-likeness (QED) is 0.0450. The summed E-state index contributed by atoms with van der Waals surface area (Å²) in [5.74, 6) is -5.67. The molecule has 82 heavy (non-hydrogen) atoms. The Morgan fingerprint density at radius 1 is 0.890 bits per heavy atom. The maximum Gasteiger partial charge on any atom is 0.342 e. The number of fused-ring (bicyclic) bond motifs is 6. The molecule has 1 unspecified atom stereocenters. The molecular formula is C59H64N2O21. The van der Waals surface area contributed by atoms with Crippen LogP contribution in [-0.4, -0.2) is 149 Å². The van der Waals surface area contributed by atoms with Gasteiger partial charge in [-0.15, -0.1) is 0 Å². The number of allylic oxidation sites excluding steroid dienone is 1. The van der Waals surface area contributed by atoms with Crippen LogP contribution in [0.1, 0.15) is 153 Å². The van der Waals surface area contributed by atoms with Crippen LogP contribution in [0, 0.1) is 11.3 Å². The number of methoxy groups -OCH3 is 2. The zero-order valence-corrected chi connectivity index (χ0v) is 46.0. The number of nitrogen functional groups attached to an aromatic ring is 1. The number of phenolic OH excluding ortho intramolecular Hbond substituents is 2. The highest BCUT2D eigenvalue weighted by Gasteiger charge is 2.64. The third kappa shape index (κ3) is 9.65. The minimum atomic E-state index is -2.24. The number of furan rings is 1. The number of ether oxygens (including phenoxy) is 7. The van der Waals surface area contributed by atoms with Gasteiger partial charge in [0.2, 0.25) is 11.6 Å². The topological polar surface area (TPSA) is 368 Å². The summed E-state index contributed by atoms with van der Waals surface area (Å²) in [5, 5.41) is 53.7. The molecule has 1 aromatic heterocycles. The van der Waals surface area contributed by atoms with E-state index >= 15 is 0 Å². The van der Waals surface area contributed by atoms with Crippen molar-refractivity contribution < 1.29 is 101 Å². The molecule has 0 radical (unpaired) electrons. The largest absolute Gasteiger partial charge is 0.507 e. The van der Waals surface area contributed by atoms with Crippen molar-refractivity contribution in [3.8, 4) is 17.2 Å². The number of carbonyl (C=O) groups is 8. The van der Waals surface area contributed by atoms with Crippen molar-refractivity contribution in [3.63, 3.8) is 0 Å². The lowest BCUT2D eigenvalue weighted by Crippen LogP contribution is -2.57. The van der Waals surface area contributed by atoms with Crippen LogP contribution in [0.2, 0.25) is 0 Å². The fraction of sp³-hybridized carbons (Fsp3) is 0.458. The van der Waals surface area contributed by atoms with E-state index in [9.17, 15) is 63.9 Å². The minimum absolute atomic E-state index is 0.0173. The van der Waals surface area contributed by atoms with Crippen LogP contribution in [0.15, 0.2) is 64.3 Å². The fourth-order valence-electron chi connectivity index (χ4n) is 12.9. The number of rotatable bonds is 10. The molecule has 5 aliphatic carbocycles.